The minimum absolute atomic E-state index is 0.0311. The molecular weight excluding hydrogens is 525 g/mol. The molecule has 0 aliphatic carbocycles. The predicted octanol–water partition coefficient (Wildman–Crippen LogP) is 2.78. The molecule has 14 heteroatoms. The van der Waals surface area contributed by atoms with Crippen molar-refractivity contribution in [3.05, 3.63) is 52.8 Å². The number of rotatable bonds is 5. The van der Waals surface area contributed by atoms with Crippen LogP contribution in [0.1, 0.15) is 34.5 Å². The highest BCUT2D eigenvalue weighted by Gasteiger charge is 2.38. The summed E-state index contributed by atoms with van der Waals surface area (Å²) in [6.07, 6.45) is -4.00. The summed E-state index contributed by atoms with van der Waals surface area (Å²) in [7, 11) is 0. The topological polar surface area (TPSA) is 215 Å². The average molecular weight is 547 g/mol. The summed E-state index contributed by atoms with van der Waals surface area (Å²) < 4.78 is 30.6. The first-order chi connectivity index (χ1) is 18.4. The molecule has 1 aliphatic rings. The van der Waals surface area contributed by atoms with Gasteiger partial charge in [0.15, 0.2) is 34.9 Å². The van der Waals surface area contributed by atoms with Gasteiger partial charge in [-0.05, 0) is 19.1 Å². The number of phenols is 7. The first-order valence-electron chi connectivity index (χ1n) is 11.3. The maximum atomic E-state index is 14.5. The van der Waals surface area contributed by atoms with Crippen LogP contribution in [0.4, 0.5) is 9.18 Å². The zero-order valence-corrected chi connectivity index (χ0v) is 20.0. The van der Waals surface area contributed by atoms with Crippen LogP contribution in [-0.2, 0) is 11.2 Å². The molecule has 1 heterocycles. The molecular formula is C25H22FNO12. The Hall–Kier alpha value is -5.27. The van der Waals surface area contributed by atoms with E-state index in [2.05, 4.69) is 5.32 Å². The van der Waals surface area contributed by atoms with E-state index in [0.717, 1.165) is 24.3 Å². The molecule has 8 N–H and O–H groups in total. The fourth-order valence-corrected chi connectivity index (χ4v) is 3.97. The van der Waals surface area contributed by atoms with Gasteiger partial charge in [-0.15, -0.1) is 0 Å². The maximum Gasteiger partial charge on any atom is 0.412 e. The predicted molar refractivity (Wildman–Crippen MR) is 127 cm³/mol. The number of fused-ring (bicyclic) bond motifs is 1. The molecule has 206 valence electrons. The Morgan fingerprint density at radius 2 is 1.62 bits per heavy atom. The number of amides is 1. The van der Waals surface area contributed by atoms with E-state index in [1.54, 1.807) is 6.92 Å². The first kappa shape index (κ1) is 26.8. The van der Waals surface area contributed by atoms with Gasteiger partial charge < -0.3 is 55.3 Å². The number of esters is 1. The fraction of sp³-hybridized carbons (Fsp3) is 0.200. The summed E-state index contributed by atoms with van der Waals surface area (Å²) in [5.74, 6) is -9.41. The van der Waals surface area contributed by atoms with Gasteiger partial charge in [-0.25, -0.2) is 14.0 Å². The van der Waals surface area contributed by atoms with Gasteiger partial charge in [0.1, 0.15) is 28.9 Å². The number of halogens is 1. The minimum Gasteiger partial charge on any atom is -0.508 e. The molecule has 0 bridgehead atoms. The van der Waals surface area contributed by atoms with E-state index in [4.69, 9.17) is 14.2 Å². The van der Waals surface area contributed by atoms with Gasteiger partial charge in [-0.1, -0.05) is 0 Å². The number of aromatic hydroxyl groups is 7. The van der Waals surface area contributed by atoms with Crippen LogP contribution in [0.3, 0.4) is 0 Å². The van der Waals surface area contributed by atoms with Crippen molar-refractivity contribution < 1.29 is 63.9 Å². The molecule has 0 radical (unpaired) electrons. The van der Waals surface area contributed by atoms with Crippen molar-refractivity contribution in [3.63, 3.8) is 0 Å². The van der Waals surface area contributed by atoms with Crippen molar-refractivity contribution in [1.82, 2.24) is 5.32 Å². The number of hydrogen-bond acceptors (Lipinski definition) is 12. The molecule has 0 spiro atoms. The molecule has 0 fully saturated rings. The minimum atomic E-state index is -1.58. The van der Waals surface area contributed by atoms with Crippen LogP contribution in [-0.4, -0.2) is 60.5 Å². The van der Waals surface area contributed by atoms with Crippen molar-refractivity contribution >= 4 is 12.1 Å². The Morgan fingerprint density at radius 3 is 2.26 bits per heavy atom. The highest BCUT2D eigenvalue weighted by Crippen LogP contribution is 2.46. The van der Waals surface area contributed by atoms with Crippen LogP contribution in [0.25, 0.3) is 0 Å². The number of hydrogen-bond donors (Lipinski definition) is 8. The number of carbonyl (C=O) groups is 2. The number of carbonyl (C=O) groups excluding carboxylic acids is 2. The number of nitrogens with one attached hydrogen (secondary N) is 1. The van der Waals surface area contributed by atoms with Gasteiger partial charge in [-0.2, -0.15) is 0 Å². The zero-order valence-electron chi connectivity index (χ0n) is 20.0. The first-order valence-corrected chi connectivity index (χ1v) is 11.3. The summed E-state index contributed by atoms with van der Waals surface area (Å²) in [5.41, 5.74) is -0.890. The standard InChI is InChI=1S/C25H22FNO12/c1-2-27-25(36)39-23-15(31)3-9(4-16(23)32)22-18(8-11-13(29)5-10(28)6-17(11)37-22)38-24(35)12-7-14(30)20(33)21(34)19(12)26/h3-7,18,22,28-34H,2,8H2,1H3,(H,27,36)/t18-,22+/m1/s1. The average Bonchev–Trinajstić information content (AvgIpc) is 2.87. The molecule has 2 atom stereocenters. The number of ether oxygens (including phenoxy) is 3. The van der Waals surface area contributed by atoms with Crippen LogP contribution < -0.4 is 14.8 Å². The van der Waals surface area contributed by atoms with Crippen LogP contribution >= 0.6 is 0 Å². The van der Waals surface area contributed by atoms with E-state index in [1.807, 2.05) is 0 Å². The van der Waals surface area contributed by atoms with Gasteiger partial charge in [0, 0.05) is 42.3 Å². The lowest BCUT2D eigenvalue weighted by atomic mass is 9.93. The van der Waals surface area contributed by atoms with Gasteiger partial charge >= 0.3 is 12.1 Å². The van der Waals surface area contributed by atoms with Gasteiger partial charge in [0.25, 0.3) is 0 Å². The lowest BCUT2D eigenvalue weighted by molar-refractivity contribution is -0.0193. The van der Waals surface area contributed by atoms with Gasteiger partial charge in [0.2, 0.25) is 11.5 Å². The number of benzene rings is 3. The summed E-state index contributed by atoms with van der Waals surface area (Å²) in [6, 6.07) is 4.75. The molecule has 4 rings (SSSR count). The quantitative estimate of drug-likeness (QED) is 0.171. The summed E-state index contributed by atoms with van der Waals surface area (Å²) in [4.78, 5) is 24.6. The molecule has 1 amide bonds. The van der Waals surface area contributed by atoms with Crippen LogP contribution in [0.2, 0.25) is 0 Å². The molecule has 3 aromatic rings. The Balaban J connectivity index is 1.74. The van der Waals surface area contributed by atoms with E-state index >= 15 is 0 Å². The van der Waals surface area contributed by atoms with Crippen molar-refractivity contribution in [2.24, 2.45) is 0 Å². The Morgan fingerprint density at radius 1 is 0.949 bits per heavy atom. The lowest BCUT2D eigenvalue weighted by Gasteiger charge is -2.34. The van der Waals surface area contributed by atoms with Crippen molar-refractivity contribution in [3.8, 4) is 51.7 Å². The largest absolute Gasteiger partial charge is 0.508 e. The number of phenolic OH excluding ortho intramolecular Hbond substituents is 7. The summed E-state index contributed by atoms with van der Waals surface area (Å²) in [5, 5.41) is 72.2. The molecule has 39 heavy (non-hydrogen) atoms. The summed E-state index contributed by atoms with van der Waals surface area (Å²) in [6.45, 7) is 1.82. The lowest BCUT2D eigenvalue weighted by Crippen LogP contribution is -2.35. The Bertz CT molecular complexity index is 1450. The second-order valence-electron chi connectivity index (χ2n) is 8.39. The molecule has 0 aromatic heterocycles. The molecule has 0 unspecified atom stereocenters. The normalized spacial score (nSPS) is 16.1. The Kier molecular flexibility index (Phi) is 7.03. The van der Waals surface area contributed by atoms with E-state index in [9.17, 15) is 49.7 Å². The molecule has 0 saturated heterocycles. The smallest absolute Gasteiger partial charge is 0.412 e. The summed E-state index contributed by atoms with van der Waals surface area (Å²) >= 11 is 0. The third-order valence-corrected chi connectivity index (χ3v) is 5.75. The fourth-order valence-electron chi connectivity index (χ4n) is 3.97. The molecule has 3 aromatic carbocycles. The SMILES string of the molecule is CCNC(=O)Oc1c(O)cc([C@@H]2Oc3cc(O)cc(O)c3C[C@H]2OC(=O)c2cc(O)c(O)c(O)c2F)cc1O. The molecule has 1 aliphatic heterocycles. The Labute approximate surface area is 218 Å². The maximum absolute atomic E-state index is 14.5. The third kappa shape index (κ3) is 5.12. The van der Waals surface area contributed by atoms with E-state index in [-0.39, 0.29) is 35.6 Å². The highest BCUT2D eigenvalue weighted by atomic mass is 19.1. The van der Waals surface area contributed by atoms with Crippen LogP contribution in [0, 0.1) is 5.82 Å². The van der Waals surface area contributed by atoms with Crippen LogP contribution in [0.5, 0.6) is 51.7 Å². The molecule has 13 nitrogen and oxygen atoms in total. The van der Waals surface area contributed by atoms with Crippen molar-refractivity contribution in [2.75, 3.05) is 6.54 Å². The molecule has 0 saturated carbocycles. The van der Waals surface area contributed by atoms with Crippen molar-refractivity contribution in [1.29, 1.82) is 0 Å². The van der Waals surface area contributed by atoms with E-state index < -0.39 is 75.9 Å². The van der Waals surface area contributed by atoms with Gasteiger partial charge in [-0.3, -0.25) is 0 Å². The zero-order chi connectivity index (χ0) is 28.6. The monoisotopic (exact) mass is 547 g/mol. The van der Waals surface area contributed by atoms with E-state index in [1.165, 1.54) is 0 Å². The second kappa shape index (κ2) is 10.2. The van der Waals surface area contributed by atoms with Crippen molar-refractivity contribution in [2.45, 2.75) is 25.6 Å². The van der Waals surface area contributed by atoms with Crippen LogP contribution in [0.15, 0.2) is 30.3 Å². The highest BCUT2D eigenvalue weighted by molar-refractivity contribution is 5.91. The van der Waals surface area contributed by atoms with E-state index in [0.29, 0.717) is 6.07 Å². The second-order valence-corrected chi connectivity index (χ2v) is 8.39. The third-order valence-electron chi connectivity index (χ3n) is 5.75. The van der Waals surface area contributed by atoms with Gasteiger partial charge in [0.05, 0.1) is 0 Å².